The minimum absolute atomic E-state index is 0.0987. The van der Waals surface area contributed by atoms with Gasteiger partial charge in [-0.25, -0.2) is 4.79 Å². The summed E-state index contributed by atoms with van der Waals surface area (Å²) >= 11 is 0. The Kier molecular flexibility index (Phi) is 3.91. The van der Waals surface area contributed by atoms with E-state index < -0.39 is 0 Å². The van der Waals surface area contributed by atoms with Gasteiger partial charge < -0.3 is 4.74 Å². The van der Waals surface area contributed by atoms with E-state index in [1.165, 1.54) is 19.3 Å². The number of carbonyl (C=O) groups is 1. The Morgan fingerprint density at radius 2 is 1.75 bits per heavy atom. The van der Waals surface area contributed by atoms with Crippen LogP contribution in [0.5, 0.6) is 0 Å². The molecule has 2 aliphatic carbocycles. The maximum Gasteiger partial charge on any atom is 0.338 e. The molecule has 2 nitrogen and oxygen atoms in total. The van der Waals surface area contributed by atoms with Crippen LogP contribution < -0.4 is 0 Å². The average molecular weight is 320 g/mol. The summed E-state index contributed by atoms with van der Waals surface area (Å²) in [5, 5.41) is 0. The Morgan fingerprint density at radius 3 is 2.46 bits per heavy atom. The van der Waals surface area contributed by atoms with Crippen LogP contribution in [0.1, 0.15) is 49.4 Å². The summed E-state index contributed by atoms with van der Waals surface area (Å²) in [7, 11) is 0. The molecule has 0 aliphatic heterocycles. The predicted molar refractivity (Wildman–Crippen MR) is 95.8 cm³/mol. The second kappa shape index (κ2) is 6.08. The number of benzene rings is 2. The van der Waals surface area contributed by atoms with Crippen molar-refractivity contribution in [2.75, 3.05) is 0 Å². The highest BCUT2D eigenvalue weighted by Gasteiger charge is 2.47. The quantitative estimate of drug-likeness (QED) is 0.700. The molecule has 24 heavy (non-hydrogen) atoms. The van der Waals surface area contributed by atoms with Crippen molar-refractivity contribution in [3.8, 4) is 11.1 Å². The Labute approximate surface area is 143 Å². The monoisotopic (exact) mass is 320 g/mol. The molecule has 0 bridgehead atoms. The second-order valence-electron chi connectivity index (χ2n) is 7.65. The van der Waals surface area contributed by atoms with Crippen molar-refractivity contribution in [3.05, 3.63) is 60.2 Å². The van der Waals surface area contributed by atoms with Gasteiger partial charge in [0.25, 0.3) is 0 Å². The van der Waals surface area contributed by atoms with Gasteiger partial charge >= 0.3 is 5.97 Å². The fourth-order valence-electron chi connectivity index (χ4n) is 4.64. The lowest BCUT2D eigenvalue weighted by molar-refractivity contribution is 0.0287. The molecule has 2 fully saturated rings. The summed E-state index contributed by atoms with van der Waals surface area (Å²) in [6.07, 6.45) is 6.11. The molecule has 0 saturated heterocycles. The molecule has 0 heterocycles. The molecule has 124 valence electrons. The minimum Gasteiger partial charge on any atom is -0.459 e. The molecule has 0 amide bonds. The molecule has 3 atom stereocenters. The van der Waals surface area contributed by atoms with Crippen molar-refractivity contribution in [2.45, 2.75) is 45.1 Å². The van der Waals surface area contributed by atoms with Crippen LogP contribution in [-0.4, -0.2) is 12.1 Å². The molecule has 2 aromatic rings. The number of hydrogen-bond donors (Lipinski definition) is 0. The first-order valence-corrected chi connectivity index (χ1v) is 9.00. The number of ether oxygens (including phenoxy) is 1. The lowest BCUT2D eigenvalue weighted by atomic mass is 9.83. The third kappa shape index (κ3) is 2.86. The number of fused-ring (bicyclic) bond motifs is 1. The van der Waals surface area contributed by atoms with Crippen molar-refractivity contribution in [1.29, 1.82) is 0 Å². The van der Waals surface area contributed by atoms with Gasteiger partial charge in [0.05, 0.1) is 5.56 Å². The zero-order valence-electron chi connectivity index (χ0n) is 14.2. The van der Waals surface area contributed by atoms with Crippen LogP contribution >= 0.6 is 0 Å². The van der Waals surface area contributed by atoms with Crippen LogP contribution in [0, 0.1) is 11.3 Å². The molecule has 4 rings (SSSR count). The predicted octanol–water partition coefficient (Wildman–Crippen LogP) is 5.48. The standard InChI is InChI=1S/C22H24O2/c1-22-13-5-8-19(22)14-20(15-22)24-21(23)18-11-9-17(10-12-18)16-6-3-2-4-7-16/h2-4,6-7,9-12,19-20H,5,8,13-15H2,1H3. The van der Waals surface area contributed by atoms with E-state index in [1.807, 2.05) is 42.5 Å². The van der Waals surface area contributed by atoms with Crippen molar-refractivity contribution < 1.29 is 9.53 Å². The van der Waals surface area contributed by atoms with E-state index >= 15 is 0 Å². The molecule has 0 spiro atoms. The maximum atomic E-state index is 12.5. The number of esters is 1. The van der Waals surface area contributed by atoms with E-state index in [1.54, 1.807) is 0 Å². The van der Waals surface area contributed by atoms with Gasteiger partial charge in [-0.2, -0.15) is 0 Å². The van der Waals surface area contributed by atoms with Gasteiger partial charge in [-0.3, -0.25) is 0 Å². The van der Waals surface area contributed by atoms with Gasteiger partial charge in [-0.1, -0.05) is 55.8 Å². The Bertz CT molecular complexity index is 719. The van der Waals surface area contributed by atoms with E-state index in [4.69, 9.17) is 4.74 Å². The Morgan fingerprint density at radius 1 is 1.04 bits per heavy atom. The molecule has 2 heteroatoms. The minimum atomic E-state index is -0.178. The van der Waals surface area contributed by atoms with Crippen molar-refractivity contribution in [3.63, 3.8) is 0 Å². The summed E-state index contributed by atoms with van der Waals surface area (Å²) in [5.74, 6) is 0.568. The Hall–Kier alpha value is -2.09. The molecule has 3 unspecified atom stereocenters. The molecular weight excluding hydrogens is 296 g/mol. The van der Waals surface area contributed by atoms with Crippen molar-refractivity contribution in [1.82, 2.24) is 0 Å². The highest BCUT2D eigenvalue weighted by molar-refractivity contribution is 5.90. The normalized spacial score (nSPS) is 28.5. The van der Waals surface area contributed by atoms with Crippen LogP contribution in [0.2, 0.25) is 0 Å². The summed E-state index contributed by atoms with van der Waals surface area (Å²) < 4.78 is 5.81. The zero-order chi connectivity index (χ0) is 16.6. The van der Waals surface area contributed by atoms with Gasteiger partial charge in [-0.05, 0) is 60.3 Å². The van der Waals surface area contributed by atoms with Crippen molar-refractivity contribution >= 4 is 5.97 Å². The molecule has 2 aromatic carbocycles. The Balaban J connectivity index is 1.42. The molecule has 2 aliphatic rings. The van der Waals surface area contributed by atoms with Gasteiger partial charge in [0, 0.05) is 0 Å². The van der Waals surface area contributed by atoms with Crippen LogP contribution in [0.3, 0.4) is 0 Å². The third-order valence-electron chi connectivity index (χ3n) is 6.03. The molecule has 0 radical (unpaired) electrons. The summed E-state index contributed by atoms with van der Waals surface area (Å²) in [6, 6.07) is 17.9. The number of hydrogen-bond acceptors (Lipinski definition) is 2. The molecular formula is C22H24O2. The first-order valence-electron chi connectivity index (χ1n) is 9.00. The van der Waals surface area contributed by atoms with Gasteiger partial charge in [0.1, 0.15) is 6.10 Å². The molecule has 0 N–H and O–H groups in total. The largest absolute Gasteiger partial charge is 0.459 e. The SMILES string of the molecule is CC12CCCC1CC(OC(=O)c1ccc(-c3ccccc3)cc1)C2. The summed E-state index contributed by atoms with van der Waals surface area (Å²) in [4.78, 5) is 12.5. The summed E-state index contributed by atoms with van der Waals surface area (Å²) in [5.41, 5.74) is 3.34. The first-order chi connectivity index (χ1) is 11.6. The van der Waals surface area contributed by atoms with Crippen LogP contribution in [0.4, 0.5) is 0 Å². The number of rotatable bonds is 3. The molecule has 2 saturated carbocycles. The third-order valence-corrected chi connectivity index (χ3v) is 6.03. The van der Waals surface area contributed by atoms with Crippen LogP contribution in [0.15, 0.2) is 54.6 Å². The second-order valence-corrected chi connectivity index (χ2v) is 7.65. The van der Waals surface area contributed by atoms with E-state index in [0.29, 0.717) is 11.0 Å². The number of carbonyl (C=O) groups excluding carboxylic acids is 1. The van der Waals surface area contributed by atoms with E-state index in [9.17, 15) is 4.79 Å². The average Bonchev–Trinajstić information content (AvgIpc) is 3.10. The van der Waals surface area contributed by atoms with Crippen LogP contribution in [-0.2, 0) is 4.74 Å². The maximum absolute atomic E-state index is 12.5. The lowest BCUT2D eigenvalue weighted by Gasteiger charge is -2.22. The van der Waals surface area contributed by atoms with E-state index in [0.717, 1.165) is 29.9 Å². The molecule has 0 aromatic heterocycles. The summed E-state index contributed by atoms with van der Waals surface area (Å²) in [6.45, 7) is 2.37. The lowest BCUT2D eigenvalue weighted by Crippen LogP contribution is -2.18. The first kappa shape index (κ1) is 15.4. The van der Waals surface area contributed by atoms with Gasteiger partial charge in [0.2, 0.25) is 0 Å². The fraction of sp³-hybridized carbons (Fsp3) is 0.409. The topological polar surface area (TPSA) is 26.3 Å². The van der Waals surface area contributed by atoms with Crippen LogP contribution in [0.25, 0.3) is 11.1 Å². The smallest absolute Gasteiger partial charge is 0.338 e. The van der Waals surface area contributed by atoms with Gasteiger partial charge in [-0.15, -0.1) is 0 Å². The highest BCUT2D eigenvalue weighted by Crippen LogP contribution is 2.54. The highest BCUT2D eigenvalue weighted by atomic mass is 16.5. The van der Waals surface area contributed by atoms with Gasteiger partial charge in [0.15, 0.2) is 0 Å². The van der Waals surface area contributed by atoms with E-state index in [2.05, 4.69) is 19.1 Å². The fourth-order valence-corrected chi connectivity index (χ4v) is 4.64. The van der Waals surface area contributed by atoms with Crippen molar-refractivity contribution in [2.24, 2.45) is 11.3 Å². The zero-order valence-corrected chi connectivity index (χ0v) is 14.2. The van der Waals surface area contributed by atoms with E-state index in [-0.39, 0.29) is 12.1 Å².